The topological polar surface area (TPSA) is 86.1 Å². The summed E-state index contributed by atoms with van der Waals surface area (Å²) in [5.41, 5.74) is 2.44. The number of ether oxygens (including phenoxy) is 1. The number of thiophene rings is 1. The zero-order valence-corrected chi connectivity index (χ0v) is 21.9. The molecule has 2 aliphatic rings. The number of halogens is 1. The molecule has 5 rings (SSSR count). The summed E-state index contributed by atoms with van der Waals surface area (Å²) < 4.78 is 6.14. The van der Waals surface area contributed by atoms with Crippen molar-refractivity contribution in [3.8, 4) is 5.75 Å². The lowest BCUT2D eigenvalue weighted by molar-refractivity contribution is -0.121. The van der Waals surface area contributed by atoms with E-state index in [9.17, 15) is 9.59 Å². The standard InChI is InChI=1S/C25H21BrN4O3S2/c1-33-18-10-8-17(9-11-18)29-23(31)14-22(24(29)32)35-25(27)30-20(15-4-6-16(26)7-5-15)13-19(28-30)21-3-2-12-34-21/h2-12,20,22,27H,13-14H2,1H3/t20-,22+/m1/s1. The van der Waals surface area contributed by atoms with Gasteiger partial charge < -0.3 is 4.74 Å². The van der Waals surface area contributed by atoms with Crippen LogP contribution < -0.4 is 9.64 Å². The Kier molecular flexibility index (Phi) is 6.77. The first kappa shape index (κ1) is 23.8. The quantitative estimate of drug-likeness (QED) is 0.243. The largest absolute Gasteiger partial charge is 0.497 e. The van der Waals surface area contributed by atoms with Gasteiger partial charge in [-0.1, -0.05) is 45.9 Å². The molecule has 1 aromatic heterocycles. The van der Waals surface area contributed by atoms with Gasteiger partial charge in [0.05, 0.1) is 29.4 Å². The molecule has 0 aliphatic carbocycles. The fourth-order valence-corrected chi connectivity index (χ4v) is 6.08. The van der Waals surface area contributed by atoms with Crippen LogP contribution in [0.3, 0.4) is 0 Å². The Labute approximate surface area is 219 Å². The van der Waals surface area contributed by atoms with Crippen LogP contribution in [0.2, 0.25) is 0 Å². The summed E-state index contributed by atoms with van der Waals surface area (Å²) in [5, 5.41) is 16.8. The number of amides is 2. The summed E-state index contributed by atoms with van der Waals surface area (Å²) in [6.07, 6.45) is 0.691. The highest BCUT2D eigenvalue weighted by atomic mass is 79.9. The molecule has 10 heteroatoms. The summed E-state index contributed by atoms with van der Waals surface area (Å²) in [7, 11) is 1.56. The number of carbonyl (C=O) groups is 2. The van der Waals surface area contributed by atoms with Crippen molar-refractivity contribution in [2.24, 2.45) is 5.10 Å². The number of carbonyl (C=O) groups excluding carboxylic acids is 2. The van der Waals surface area contributed by atoms with E-state index in [4.69, 9.17) is 15.2 Å². The summed E-state index contributed by atoms with van der Waals surface area (Å²) in [4.78, 5) is 28.1. The monoisotopic (exact) mass is 568 g/mol. The van der Waals surface area contributed by atoms with Gasteiger partial charge in [0.2, 0.25) is 11.8 Å². The van der Waals surface area contributed by atoms with E-state index in [1.807, 2.05) is 41.8 Å². The third-order valence-corrected chi connectivity index (χ3v) is 8.38. The number of methoxy groups -OCH3 is 1. The van der Waals surface area contributed by atoms with Crippen molar-refractivity contribution in [3.63, 3.8) is 0 Å². The van der Waals surface area contributed by atoms with E-state index in [1.54, 1.807) is 47.7 Å². The fraction of sp³-hybridized carbons (Fsp3) is 0.200. The van der Waals surface area contributed by atoms with Gasteiger partial charge in [0.25, 0.3) is 0 Å². The van der Waals surface area contributed by atoms with Gasteiger partial charge in [-0.25, -0.2) is 9.91 Å². The normalized spacial score (nSPS) is 19.9. The van der Waals surface area contributed by atoms with Gasteiger partial charge in [-0.3, -0.25) is 15.0 Å². The van der Waals surface area contributed by atoms with Crippen LogP contribution in [0.1, 0.15) is 29.3 Å². The predicted octanol–water partition coefficient (Wildman–Crippen LogP) is 5.67. The van der Waals surface area contributed by atoms with Gasteiger partial charge in [0.15, 0.2) is 5.17 Å². The van der Waals surface area contributed by atoms with Crippen molar-refractivity contribution >= 4 is 67.4 Å². The maximum atomic E-state index is 13.2. The number of amidine groups is 1. The van der Waals surface area contributed by atoms with E-state index < -0.39 is 5.25 Å². The van der Waals surface area contributed by atoms with Crippen molar-refractivity contribution < 1.29 is 14.3 Å². The molecule has 2 atom stereocenters. The highest BCUT2D eigenvalue weighted by molar-refractivity contribution is 9.10. The molecule has 0 unspecified atom stereocenters. The molecule has 1 N–H and O–H groups in total. The van der Waals surface area contributed by atoms with Crippen molar-refractivity contribution in [1.29, 1.82) is 5.41 Å². The fourth-order valence-electron chi connectivity index (χ4n) is 4.12. The number of hydrogen-bond donors (Lipinski definition) is 1. The second-order valence-corrected chi connectivity index (χ2v) is 11.1. The van der Waals surface area contributed by atoms with Crippen molar-refractivity contribution in [2.45, 2.75) is 24.1 Å². The van der Waals surface area contributed by atoms with Crippen LogP contribution in [0.4, 0.5) is 5.69 Å². The molecular weight excluding hydrogens is 548 g/mol. The number of nitrogens with zero attached hydrogens (tertiary/aromatic N) is 3. The van der Waals surface area contributed by atoms with Gasteiger partial charge in [0.1, 0.15) is 11.0 Å². The molecule has 3 aromatic rings. The molecule has 2 aliphatic heterocycles. The molecule has 178 valence electrons. The SMILES string of the molecule is COc1ccc(N2C(=O)C[C@H](SC(=N)N3N=C(c4cccs4)C[C@@H]3c3ccc(Br)cc3)C2=O)cc1. The number of nitrogens with one attached hydrogen (secondary N) is 1. The molecule has 0 spiro atoms. The van der Waals surface area contributed by atoms with E-state index in [0.717, 1.165) is 32.4 Å². The molecule has 1 saturated heterocycles. The molecular formula is C25H21BrN4O3S2. The lowest BCUT2D eigenvalue weighted by Crippen LogP contribution is -2.32. The molecule has 2 aromatic carbocycles. The van der Waals surface area contributed by atoms with E-state index in [2.05, 4.69) is 15.9 Å². The number of hydrazone groups is 1. The van der Waals surface area contributed by atoms with Crippen LogP contribution in [-0.4, -0.2) is 40.1 Å². The van der Waals surface area contributed by atoms with Gasteiger partial charge in [0, 0.05) is 17.3 Å². The van der Waals surface area contributed by atoms with Gasteiger partial charge in [-0.15, -0.1) is 11.3 Å². The minimum atomic E-state index is -0.677. The third-order valence-electron chi connectivity index (χ3n) is 5.87. The summed E-state index contributed by atoms with van der Waals surface area (Å²) >= 11 is 6.17. The molecule has 0 saturated carbocycles. The van der Waals surface area contributed by atoms with Gasteiger partial charge in [-0.05, 0) is 53.4 Å². The number of imide groups is 1. The van der Waals surface area contributed by atoms with Crippen LogP contribution in [-0.2, 0) is 9.59 Å². The number of benzene rings is 2. The van der Waals surface area contributed by atoms with E-state index >= 15 is 0 Å². The van der Waals surface area contributed by atoms with E-state index in [0.29, 0.717) is 17.9 Å². The second kappa shape index (κ2) is 9.96. The van der Waals surface area contributed by atoms with Crippen molar-refractivity contribution in [2.75, 3.05) is 12.0 Å². The second-order valence-electron chi connectivity index (χ2n) is 8.02. The summed E-state index contributed by atoms with van der Waals surface area (Å²) in [5.74, 6) is 0.0452. The molecule has 0 bridgehead atoms. The van der Waals surface area contributed by atoms with Crippen LogP contribution >= 0.6 is 39.0 Å². The highest BCUT2D eigenvalue weighted by Gasteiger charge is 2.42. The Morgan fingerprint density at radius 3 is 2.51 bits per heavy atom. The van der Waals surface area contributed by atoms with Crippen molar-refractivity contribution in [1.82, 2.24) is 5.01 Å². The van der Waals surface area contributed by atoms with E-state index in [1.165, 1.54) is 4.90 Å². The smallest absolute Gasteiger partial charge is 0.247 e. The third kappa shape index (κ3) is 4.78. The van der Waals surface area contributed by atoms with Crippen LogP contribution in [0, 0.1) is 5.41 Å². The van der Waals surface area contributed by atoms with Crippen LogP contribution in [0.15, 0.2) is 75.6 Å². The zero-order chi connectivity index (χ0) is 24.5. The molecule has 2 amide bonds. The minimum absolute atomic E-state index is 0.0379. The first-order valence-electron chi connectivity index (χ1n) is 10.9. The number of anilines is 1. The average molecular weight is 570 g/mol. The highest BCUT2D eigenvalue weighted by Crippen LogP contribution is 2.38. The van der Waals surface area contributed by atoms with Gasteiger partial charge >= 0.3 is 0 Å². The Bertz CT molecular complexity index is 1290. The summed E-state index contributed by atoms with van der Waals surface area (Å²) in [6.45, 7) is 0. The predicted molar refractivity (Wildman–Crippen MR) is 143 cm³/mol. The lowest BCUT2D eigenvalue weighted by atomic mass is 10.0. The average Bonchev–Trinajstić information content (AvgIpc) is 3.60. The first-order chi connectivity index (χ1) is 16.9. The Hall–Kier alpha value is -2.95. The maximum absolute atomic E-state index is 13.2. The molecule has 3 heterocycles. The molecule has 35 heavy (non-hydrogen) atoms. The van der Waals surface area contributed by atoms with E-state index in [-0.39, 0.29) is 29.4 Å². The number of thioether (sulfide) groups is 1. The Balaban J connectivity index is 1.37. The Morgan fingerprint density at radius 1 is 1.11 bits per heavy atom. The van der Waals surface area contributed by atoms with Crippen molar-refractivity contribution in [3.05, 3.63) is 81.0 Å². The van der Waals surface area contributed by atoms with Gasteiger partial charge in [-0.2, -0.15) is 5.10 Å². The maximum Gasteiger partial charge on any atom is 0.247 e. The first-order valence-corrected chi connectivity index (χ1v) is 13.4. The zero-order valence-electron chi connectivity index (χ0n) is 18.7. The minimum Gasteiger partial charge on any atom is -0.497 e. The number of rotatable bonds is 5. The molecule has 0 radical (unpaired) electrons. The number of hydrogen-bond acceptors (Lipinski definition) is 7. The summed E-state index contributed by atoms with van der Waals surface area (Å²) in [6, 6.07) is 18.6. The lowest BCUT2D eigenvalue weighted by Gasteiger charge is -2.24. The van der Waals surface area contributed by atoms with Crippen LogP contribution in [0.25, 0.3) is 0 Å². The molecule has 1 fully saturated rings. The Morgan fingerprint density at radius 2 is 1.86 bits per heavy atom. The molecule has 7 nitrogen and oxygen atoms in total. The van der Waals surface area contributed by atoms with Crippen LogP contribution in [0.5, 0.6) is 5.75 Å².